The van der Waals surface area contributed by atoms with Crippen LogP contribution in [-0.2, 0) is 0 Å². The minimum absolute atomic E-state index is 0.161. The van der Waals surface area contributed by atoms with E-state index in [1.165, 1.54) is 18.3 Å². The lowest BCUT2D eigenvalue weighted by Crippen LogP contribution is -2.18. The third-order valence-corrected chi connectivity index (χ3v) is 2.65. The summed E-state index contributed by atoms with van der Waals surface area (Å²) in [5.41, 5.74) is 5.88. The molecule has 0 saturated heterocycles. The van der Waals surface area contributed by atoms with E-state index in [9.17, 15) is 9.59 Å². The predicted octanol–water partition coefficient (Wildman–Crippen LogP) is 1.29. The molecule has 2 aromatic rings. The molecule has 4 N–H and O–H groups in total. The number of rotatable bonds is 5. The van der Waals surface area contributed by atoms with E-state index in [0.717, 1.165) is 0 Å². The molecule has 1 aromatic heterocycles. The average molecular weight is 303 g/mol. The van der Waals surface area contributed by atoms with Gasteiger partial charge in [0, 0.05) is 23.5 Å². The van der Waals surface area contributed by atoms with Crippen molar-refractivity contribution in [2.24, 2.45) is 5.73 Å². The fraction of sp³-hybridized carbons (Fsp3) is 0.0714. The smallest absolute Gasteiger partial charge is 0.255 e. The van der Waals surface area contributed by atoms with Crippen molar-refractivity contribution < 1.29 is 9.53 Å². The number of ether oxygens (including phenoxy) is 1. The first-order chi connectivity index (χ1) is 10.0. The Bertz CT molecular complexity index is 710. The summed E-state index contributed by atoms with van der Waals surface area (Å²) in [6.45, 7) is 0.161. The van der Waals surface area contributed by atoms with E-state index in [-0.39, 0.29) is 28.6 Å². The normalized spacial score (nSPS) is 9.90. The number of hydrogen-bond donors (Lipinski definition) is 3. The summed E-state index contributed by atoms with van der Waals surface area (Å²) in [6.07, 6.45) is 1.42. The maximum Gasteiger partial charge on any atom is 0.255 e. The van der Waals surface area contributed by atoms with Gasteiger partial charge in [0.05, 0.1) is 0 Å². The van der Waals surface area contributed by atoms with Crippen LogP contribution in [0, 0.1) is 0 Å². The van der Waals surface area contributed by atoms with Gasteiger partial charge in [-0.1, -0.05) is 12.2 Å². The lowest BCUT2D eigenvalue weighted by Gasteiger charge is -2.07. The van der Waals surface area contributed by atoms with Gasteiger partial charge in [0.15, 0.2) is 0 Å². The first-order valence-corrected chi connectivity index (χ1v) is 6.47. The molecule has 108 valence electrons. The Morgan fingerprint density at radius 1 is 1.29 bits per heavy atom. The minimum atomic E-state index is -0.363. The maximum absolute atomic E-state index is 11.9. The molecule has 2 rings (SSSR count). The molecule has 6 nitrogen and oxygen atoms in total. The molecule has 21 heavy (non-hydrogen) atoms. The Hall–Kier alpha value is -2.67. The number of nitrogens with two attached hydrogens (primary N) is 1. The number of benzene rings is 1. The van der Waals surface area contributed by atoms with Crippen molar-refractivity contribution >= 4 is 28.8 Å². The second-order valence-corrected chi connectivity index (χ2v) is 4.70. The van der Waals surface area contributed by atoms with Gasteiger partial charge >= 0.3 is 0 Å². The van der Waals surface area contributed by atoms with Crippen LogP contribution in [0.1, 0.15) is 10.4 Å². The van der Waals surface area contributed by atoms with Gasteiger partial charge < -0.3 is 20.8 Å². The third-order valence-electron chi connectivity index (χ3n) is 2.53. The SMILES string of the molecule is NC(=S)COc1ccc(NC(=O)c2cc[nH]c(=O)c2)cc1. The highest BCUT2D eigenvalue weighted by atomic mass is 32.1. The summed E-state index contributed by atoms with van der Waals surface area (Å²) >= 11 is 4.71. The predicted molar refractivity (Wildman–Crippen MR) is 83.7 cm³/mol. The Labute approximate surface area is 125 Å². The van der Waals surface area contributed by atoms with Crippen LogP contribution in [0.4, 0.5) is 5.69 Å². The summed E-state index contributed by atoms with van der Waals surface area (Å²) < 4.78 is 5.30. The van der Waals surface area contributed by atoms with Crippen LogP contribution in [0.25, 0.3) is 0 Å². The molecule has 0 spiro atoms. The summed E-state index contributed by atoms with van der Waals surface area (Å²) in [5, 5.41) is 2.68. The quantitative estimate of drug-likeness (QED) is 0.723. The van der Waals surface area contributed by atoms with Crippen molar-refractivity contribution in [2.45, 2.75) is 0 Å². The van der Waals surface area contributed by atoms with Crippen LogP contribution in [0.15, 0.2) is 47.4 Å². The topological polar surface area (TPSA) is 97.2 Å². The molecule has 0 bridgehead atoms. The van der Waals surface area contributed by atoms with Crippen molar-refractivity contribution in [2.75, 3.05) is 11.9 Å². The third kappa shape index (κ3) is 4.43. The molecule has 1 heterocycles. The number of amides is 1. The number of nitrogens with one attached hydrogen (secondary N) is 2. The van der Waals surface area contributed by atoms with Crippen LogP contribution >= 0.6 is 12.2 Å². The van der Waals surface area contributed by atoms with Crippen LogP contribution in [0.2, 0.25) is 0 Å². The fourth-order valence-electron chi connectivity index (χ4n) is 1.58. The van der Waals surface area contributed by atoms with Gasteiger partial charge in [0.1, 0.15) is 17.3 Å². The van der Waals surface area contributed by atoms with E-state index in [2.05, 4.69) is 10.3 Å². The molecule has 0 radical (unpaired) electrons. The number of anilines is 1. The van der Waals surface area contributed by atoms with Gasteiger partial charge in [-0.15, -0.1) is 0 Å². The molecule has 7 heteroatoms. The van der Waals surface area contributed by atoms with Crippen molar-refractivity contribution in [1.82, 2.24) is 4.98 Å². The second-order valence-electron chi connectivity index (χ2n) is 4.18. The van der Waals surface area contributed by atoms with Crippen LogP contribution in [0.5, 0.6) is 5.75 Å². The lowest BCUT2D eigenvalue weighted by molar-refractivity contribution is 0.102. The Balaban J connectivity index is 2.01. The van der Waals surface area contributed by atoms with Crippen molar-refractivity contribution in [3.05, 3.63) is 58.5 Å². The zero-order valence-corrected chi connectivity index (χ0v) is 11.8. The van der Waals surface area contributed by atoms with E-state index in [1.54, 1.807) is 24.3 Å². The first kappa shape index (κ1) is 14.7. The van der Waals surface area contributed by atoms with E-state index in [4.69, 9.17) is 22.7 Å². The maximum atomic E-state index is 11.9. The van der Waals surface area contributed by atoms with Gasteiger partial charge in [-0.2, -0.15) is 0 Å². The first-order valence-electron chi connectivity index (χ1n) is 6.06. The molecule has 0 aliphatic rings. The van der Waals surface area contributed by atoms with Crippen LogP contribution < -0.4 is 21.3 Å². The number of H-pyrrole nitrogens is 1. The minimum Gasteiger partial charge on any atom is -0.487 e. The molecular formula is C14H13N3O3S. The van der Waals surface area contributed by atoms with E-state index >= 15 is 0 Å². The van der Waals surface area contributed by atoms with Gasteiger partial charge in [-0.05, 0) is 30.3 Å². The largest absolute Gasteiger partial charge is 0.487 e. The number of pyridine rings is 1. The highest BCUT2D eigenvalue weighted by Crippen LogP contribution is 2.16. The Morgan fingerprint density at radius 2 is 2.00 bits per heavy atom. The van der Waals surface area contributed by atoms with E-state index < -0.39 is 0 Å². The zero-order chi connectivity index (χ0) is 15.2. The van der Waals surface area contributed by atoms with Crippen LogP contribution in [0.3, 0.4) is 0 Å². The molecule has 0 aliphatic carbocycles. The lowest BCUT2D eigenvalue weighted by atomic mass is 10.2. The summed E-state index contributed by atoms with van der Waals surface area (Å²) in [5.74, 6) is 0.231. The average Bonchev–Trinajstić information content (AvgIpc) is 2.46. The molecule has 1 aromatic carbocycles. The van der Waals surface area contributed by atoms with Gasteiger partial charge in [0.2, 0.25) is 5.56 Å². The summed E-state index contributed by atoms with van der Waals surface area (Å²) in [7, 11) is 0. The van der Waals surface area contributed by atoms with Crippen molar-refractivity contribution in [3.8, 4) is 5.75 Å². The Morgan fingerprint density at radius 3 is 2.62 bits per heavy atom. The molecule has 0 aliphatic heterocycles. The number of aromatic nitrogens is 1. The molecule has 0 unspecified atom stereocenters. The molecule has 0 fully saturated rings. The highest BCUT2D eigenvalue weighted by Gasteiger charge is 2.06. The standard InChI is InChI=1S/C14H13N3O3S/c15-12(21)8-20-11-3-1-10(2-4-11)17-14(19)9-5-6-16-13(18)7-9/h1-7H,8H2,(H2,15,21)(H,16,18)(H,17,19). The summed E-state index contributed by atoms with van der Waals surface area (Å²) in [6, 6.07) is 9.49. The number of carbonyl (C=O) groups excluding carboxylic acids is 1. The zero-order valence-electron chi connectivity index (χ0n) is 11.0. The highest BCUT2D eigenvalue weighted by molar-refractivity contribution is 7.80. The molecule has 0 saturated carbocycles. The number of carbonyl (C=O) groups is 1. The fourth-order valence-corrected chi connectivity index (χ4v) is 1.64. The monoisotopic (exact) mass is 303 g/mol. The number of hydrogen-bond acceptors (Lipinski definition) is 4. The molecule has 1 amide bonds. The summed E-state index contributed by atoms with van der Waals surface area (Å²) in [4.78, 5) is 25.8. The number of aromatic amines is 1. The van der Waals surface area contributed by atoms with Crippen molar-refractivity contribution in [1.29, 1.82) is 0 Å². The Kier molecular flexibility index (Phi) is 4.68. The van der Waals surface area contributed by atoms with Gasteiger partial charge in [-0.25, -0.2) is 0 Å². The number of thiocarbonyl (C=S) groups is 1. The van der Waals surface area contributed by atoms with Crippen molar-refractivity contribution in [3.63, 3.8) is 0 Å². The van der Waals surface area contributed by atoms with Gasteiger partial charge in [-0.3, -0.25) is 9.59 Å². The van der Waals surface area contributed by atoms with Crippen LogP contribution in [-0.4, -0.2) is 22.5 Å². The second kappa shape index (κ2) is 6.67. The molecule has 0 atom stereocenters. The van der Waals surface area contributed by atoms with E-state index in [0.29, 0.717) is 11.4 Å². The van der Waals surface area contributed by atoms with Gasteiger partial charge in [0.25, 0.3) is 5.91 Å². The van der Waals surface area contributed by atoms with E-state index in [1.807, 2.05) is 0 Å². The molecular weight excluding hydrogens is 290 g/mol.